The van der Waals surface area contributed by atoms with Gasteiger partial charge in [0.2, 0.25) is 5.71 Å². The van der Waals surface area contributed by atoms with E-state index in [-0.39, 0.29) is 0 Å². The highest BCUT2D eigenvalue weighted by Crippen LogP contribution is 2.41. The van der Waals surface area contributed by atoms with Crippen molar-refractivity contribution in [2.24, 2.45) is 0 Å². The van der Waals surface area contributed by atoms with Gasteiger partial charge in [-0.1, -0.05) is 97.1 Å². The number of nitrogens with one attached hydrogen (secondary N) is 1. The Labute approximate surface area is 223 Å². The lowest BCUT2D eigenvalue weighted by atomic mass is 9.91. The summed E-state index contributed by atoms with van der Waals surface area (Å²) in [5.41, 5.74) is 7.94. The van der Waals surface area contributed by atoms with E-state index in [4.69, 9.17) is 23.4 Å². The number of rotatable bonds is 5. The Morgan fingerprint density at radius 3 is 1.89 bits per heavy atom. The first-order valence-corrected chi connectivity index (χ1v) is 13.1. The van der Waals surface area contributed by atoms with E-state index in [2.05, 4.69) is 90.8 Å². The molecule has 0 bridgehead atoms. The second-order valence-electron chi connectivity index (χ2n) is 8.47. The minimum Gasteiger partial charge on any atom is -0.456 e. The fourth-order valence-corrected chi connectivity index (χ4v) is 4.13. The molecule has 6 nitrogen and oxygen atoms in total. The van der Waals surface area contributed by atoms with Crippen molar-refractivity contribution < 1.29 is 38.6 Å². The van der Waals surface area contributed by atoms with Crippen molar-refractivity contribution in [2.75, 3.05) is 0 Å². The summed E-state index contributed by atoms with van der Waals surface area (Å²) in [5, 5.41) is 0. The molecule has 192 valence electrons. The first-order valence-electron chi connectivity index (χ1n) is 11.9. The summed E-state index contributed by atoms with van der Waals surface area (Å²) >= 11 is 0. The highest BCUT2D eigenvalue weighted by molar-refractivity contribution is 6.12. The van der Waals surface area contributed by atoms with E-state index in [1.807, 2.05) is 42.5 Å². The van der Waals surface area contributed by atoms with E-state index in [9.17, 15) is 0 Å². The van der Waals surface area contributed by atoms with Crippen LogP contribution in [0.4, 0.5) is 0 Å². The van der Waals surface area contributed by atoms with Crippen LogP contribution in [0.25, 0.3) is 11.3 Å². The molecule has 0 spiro atoms. The molecule has 0 fully saturated rings. The zero-order chi connectivity index (χ0) is 27.0. The van der Waals surface area contributed by atoms with Crippen LogP contribution in [0.15, 0.2) is 127 Å². The third-order valence-corrected chi connectivity index (χ3v) is 5.87. The molecule has 38 heavy (non-hydrogen) atoms. The maximum atomic E-state index is 8.49. The Bertz CT molecular complexity index is 1440. The van der Waals surface area contributed by atoms with Gasteiger partial charge in [-0.05, 0) is 30.7 Å². The lowest BCUT2D eigenvalue weighted by Gasteiger charge is -2.24. The van der Waals surface area contributed by atoms with Crippen LogP contribution in [0.1, 0.15) is 29.2 Å². The van der Waals surface area contributed by atoms with Gasteiger partial charge in [0.05, 0.1) is 0 Å². The molecule has 0 saturated heterocycles. The third kappa shape index (κ3) is 7.49. The number of allylic oxidation sites excluding steroid dienone is 3. The van der Waals surface area contributed by atoms with Gasteiger partial charge in [-0.15, -0.1) is 10.2 Å². The molecule has 0 radical (unpaired) electrons. The summed E-state index contributed by atoms with van der Waals surface area (Å²) in [7, 11) is -4.94. The number of hydrogen-bond acceptors (Lipinski definition) is 5. The number of halogens is 1. The fraction of sp³-hybridized carbons (Fsp3) is 0.0645. The Morgan fingerprint density at radius 2 is 1.26 bits per heavy atom. The van der Waals surface area contributed by atoms with Crippen molar-refractivity contribution in [1.29, 1.82) is 0 Å². The summed E-state index contributed by atoms with van der Waals surface area (Å²) in [6, 6.07) is 39.6. The van der Waals surface area contributed by atoms with E-state index in [0.29, 0.717) is 0 Å². The second-order valence-corrected chi connectivity index (χ2v) is 9.23. The first kappa shape index (κ1) is 27.0. The summed E-state index contributed by atoms with van der Waals surface area (Å²) in [4.78, 5) is 3.68. The van der Waals surface area contributed by atoms with Crippen LogP contribution in [0.3, 0.4) is 0 Å². The molecule has 1 aliphatic heterocycles. The molecule has 0 amide bonds. The van der Waals surface area contributed by atoms with E-state index in [1.165, 1.54) is 5.56 Å². The van der Waals surface area contributed by atoms with Gasteiger partial charge in [-0.3, -0.25) is 0 Å². The van der Waals surface area contributed by atoms with Crippen molar-refractivity contribution in [3.63, 3.8) is 0 Å². The number of ether oxygens (including phenoxy) is 1. The molecule has 4 aromatic rings. The van der Waals surface area contributed by atoms with Gasteiger partial charge in [0, 0.05) is 33.9 Å². The minimum atomic E-state index is -4.94. The van der Waals surface area contributed by atoms with Crippen LogP contribution < -0.4 is 28.4 Å². The highest BCUT2D eigenvalue weighted by Gasteiger charge is 2.24. The largest absolute Gasteiger partial charge is 0.456 e. The minimum absolute atomic E-state index is 0.751. The van der Waals surface area contributed by atoms with Crippen LogP contribution >= 0.6 is 0 Å². The molecule has 0 aliphatic carbocycles. The van der Waals surface area contributed by atoms with Gasteiger partial charge in [0.15, 0.2) is 6.54 Å². The van der Waals surface area contributed by atoms with Crippen LogP contribution in [-0.4, -0.2) is 5.71 Å². The zero-order valence-corrected chi connectivity index (χ0v) is 21.4. The standard InChI is InChI=1S/C31H25NO.ClHO4/c1-23-28(27-19-11-12-20-30(27)33-31(23)26-17-9-4-10-18-26)21-29(25-15-7-3-8-16-25)32-22-24-13-5-2-6-14-24;2-1(3,4)5/h2-21H,22H2,1H3;(H,2,3,4,5). The summed E-state index contributed by atoms with van der Waals surface area (Å²) < 4.78 is 40.4. The Balaban J connectivity index is 0.000000617. The normalized spacial score (nSPS) is 14.3. The Kier molecular flexibility index (Phi) is 8.86. The van der Waals surface area contributed by atoms with Crippen LogP contribution in [0.5, 0.6) is 5.75 Å². The molecular formula is C31H26ClNO5. The molecule has 1 aliphatic rings. The summed E-state index contributed by atoms with van der Waals surface area (Å²) in [6.07, 6.45) is 2.26. The summed E-state index contributed by atoms with van der Waals surface area (Å²) in [6.45, 7) is 2.89. The predicted molar refractivity (Wildman–Crippen MR) is 136 cm³/mol. The lowest BCUT2D eigenvalue weighted by Crippen LogP contribution is -2.71. The van der Waals surface area contributed by atoms with Crippen molar-refractivity contribution in [2.45, 2.75) is 13.5 Å². The first-order chi connectivity index (χ1) is 18.3. The Morgan fingerprint density at radius 1 is 0.737 bits per heavy atom. The monoisotopic (exact) mass is 527 g/mol. The van der Waals surface area contributed by atoms with Crippen molar-refractivity contribution in [1.82, 2.24) is 0 Å². The van der Waals surface area contributed by atoms with Crippen LogP contribution in [0.2, 0.25) is 0 Å². The van der Waals surface area contributed by atoms with Crippen molar-refractivity contribution in [3.8, 4) is 5.75 Å². The van der Waals surface area contributed by atoms with Gasteiger partial charge in [-0.2, -0.15) is 0 Å². The molecule has 0 saturated carbocycles. The fourth-order valence-electron chi connectivity index (χ4n) is 4.13. The maximum Gasteiger partial charge on any atom is 0.206 e. The number of benzene rings is 4. The third-order valence-electron chi connectivity index (χ3n) is 5.87. The molecule has 0 aromatic heterocycles. The van der Waals surface area contributed by atoms with Crippen LogP contribution in [-0.2, 0) is 6.54 Å². The van der Waals surface area contributed by atoms with E-state index in [1.54, 1.807) is 0 Å². The molecule has 1 heterocycles. The SMILES string of the molecule is CC1=C(c2ccccc2)Oc2ccccc2C1=CC(=[NH+]Cc1ccccc1)c1ccccc1.[O-][Cl+3]([O-])([O-])[O-]. The van der Waals surface area contributed by atoms with E-state index in [0.717, 1.165) is 51.6 Å². The van der Waals surface area contributed by atoms with Gasteiger partial charge in [-0.25, -0.2) is 23.6 Å². The Hall–Kier alpha value is -4.04. The maximum absolute atomic E-state index is 8.49. The molecule has 0 atom stereocenters. The van der Waals surface area contributed by atoms with Crippen LogP contribution in [0, 0.1) is 10.2 Å². The molecule has 0 unspecified atom stereocenters. The average molecular weight is 528 g/mol. The van der Waals surface area contributed by atoms with Crippen molar-refractivity contribution in [3.05, 3.63) is 149 Å². The predicted octanol–water partition coefficient (Wildman–Crippen LogP) is 0.908. The van der Waals surface area contributed by atoms with Gasteiger partial charge < -0.3 is 4.74 Å². The highest BCUT2D eigenvalue weighted by atomic mass is 35.7. The summed E-state index contributed by atoms with van der Waals surface area (Å²) in [5.74, 6) is 1.78. The quantitative estimate of drug-likeness (QED) is 0.387. The van der Waals surface area contributed by atoms with Gasteiger partial charge >= 0.3 is 0 Å². The molecule has 1 N–H and O–H groups in total. The average Bonchev–Trinajstić information content (AvgIpc) is 2.92. The molecular weight excluding hydrogens is 502 g/mol. The van der Waals surface area contributed by atoms with E-state index >= 15 is 0 Å². The second kappa shape index (κ2) is 12.5. The number of para-hydroxylation sites is 1. The molecule has 4 aromatic carbocycles. The number of hydrogen-bond donors (Lipinski definition) is 1. The van der Waals surface area contributed by atoms with E-state index < -0.39 is 10.2 Å². The van der Waals surface area contributed by atoms with Gasteiger partial charge in [0.25, 0.3) is 0 Å². The van der Waals surface area contributed by atoms with Gasteiger partial charge in [0.1, 0.15) is 11.5 Å². The topological polar surface area (TPSA) is 115 Å². The zero-order valence-electron chi connectivity index (χ0n) is 20.7. The number of fused-ring (bicyclic) bond motifs is 1. The smallest absolute Gasteiger partial charge is 0.206 e. The molecule has 7 heteroatoms. The molecule has 5 rings (SSSR count). The lowest BCUT2D eigenvalue weighted by molar-refractivity contribution is -2.00. The van der Waals surface area contributed by atoms with Crippen molar-refractivity contribution >= 4 is 17.0 Å².